The van der Waals surface area contributed by atoms with Crippen molar-refractivity contribution in [3.63, 3.8) is 0 Å². The van der Waals surface area contributed by atoms with E-state index in [1.165, 1.54) is 0 Å². The van der Waals surface area contributed by atoms with Gasteiger partial charge in [0, 0.05) is 13.1 Å². The highest BCUT2D eigenvalue weighted by molar-refractivity contribution is 5.74. The van der Waals surface area contributed by atoms with Crippen LogP contribution in [0.15, 0.2) is 0 Å². The van der Waals surface area contributed by atoms with E-state index >= 15 is 0 Å². The molecule has 2 aliphatic heterocycles. The Kier molecular flexibility index (Phi) is 8.55. The summed E-state index contributed by atoms with van der Waals surface area (Å²) in [6.07, 6.45) is 6.90. The van der Waals surface area contributed by atoms with Crippen LogP contribution in [0.2, 0.25) is 0 Å². The number of piperidine rings is 1. The first-order valence-electron chi connectivity index (χ1n) is 10.9. The lowest BCUT2D eigenvalue weighted by molar-refractivity contribution is -0.144. The number of hydrogen-bond donors (Lipinski definition) is 3. The van der Waals surface area contributed by atoms with Crippen molar-refractivity contribution >= 4 is 11.9 Å². The quantitative estimate of drug-likeness (QED) is 0.692. The van der Waals surface area contributed by atoms with Gasteiger partial charge in [-0.2, -0.15) is 0 Å². The molecule has 156 valence electrons. The molecule has 1 aliphatic carbocycles. The van der Waals surface area contributed by atoms with E-state index in [4.69, 9.17) is 0 Å². The number of nitrogens with one attached hydrogen (secondary N) is 1. The fourth-order valence-electron chi connectivity index (χ4n) is 5.29. The minimum Gasteiger partial charge on any atom is -0.480 e. The molecule has 0 amide bonds. The second-order valence-electron chi connectivity index (χ2n) is 8.58. The fourth-order valence-corrected chi connectivity index (χ4v) is 5.29. The third kappa shape index (κ3) is 5.92. The van der Waals surface area contributed by atoms with Crippen molar-refractivity contribution in [1.29, 1.82) is 0 Å². The SMILES string of the molecule is CC.CC1CCCC(C(=O)O)N(CC2CCC3CNC(C(=O)O)CC3C2)C1. The van der Waals surface area contributed by atoms with Crippen molar-refractivity contribution in [2.75, 3.05) is 19.6 Å². The Labute approximate surface area is 163 Å². The number of rotatable bonds is 4. The van der Waals surface area contributed by atoms with Crippen molar-refractivity contribution in [2.24, 2.45) is 23.7 Å². The van der Waals surface area contributed by atoms with E-state index in [1.807, 2.05) is 13.8 Å². The third-order valence-electron chi connectivity index (χ3n) is 6.65. The normalized spacial score (nSPS) is 37.3. The second-order valence-corrected chi connectivity index (χ2v) is 8.58. The van der Waals surface area contributed by atoms with Crippen molar-refractivity contribution < 1.29 is 19.8 Å². The Morgan fingerprint density at radius 3 is 2.41 bits per heavy atom. The maximum absolute atomic E-state index is 11.7. The number of carbonyl (C=O) groups is 2. The van der Waals surface area contributed by atoms with Crippen molar-refractivity contribution in [2.45, 2.75) is 77.8 Å². The molecule has 0 aromatic carbocycles. The lowest BCUT2D eigenvalue weighted by Crippen LogP contribution is -2.51. The highest BCUT2D eigenvalue weighted by atomic mass is 16.4. The Morgan fingerprint density at radius 1 is 1.00 bits per heavy atom. The average molecular weight is 383 g/mol. The number of nitrogens with zero attached hydrogens (tertiary/aromatic N) is 1. The third-order valence-corrected chi connectivity index (χ3v) is 6.65. The first-order valence-corrected chi connectivity index (χ1v) is 10.9. The molecule has 27 heavy (non-hydrogen) atoms. The van der Waals surface area contributed by atoms with Gasteiger partial charge in [0.15, 0.2) is 0 Å². The van der Waals surface area contributed by atoms with Gasteiger partial charge in [-0.1, -0.05) is 27.2 Å². The van der Waals surface area contributed by atoms with Gasteiger partial charge in [-0.25, -0.2) is 0 Å². The molecule has 6 atom stereocenters. The van der Waals surface area contributed by atoms with Gasteiger partial charge in [0.1, 0.15) is 12.1 Å². The molecule has 6 unspecified atom stereocenters. The van der Waals surface area contributed by atoms with Crippen molar-refractivity contribution in [1.82, 2.24) is 10.2 Å². The zero-order valence-electron chi connectivity index (χ0n) is 17.2. The van der Waals surface area contributed by atoms with Gasteiger partial charge in [0.2, 0.25) is 0 Å². The van der Waals surface area contributed by atoms with Crippen LogP contribution in [0.25, 0.3) is 0 Å². The van der Waals surface area contributed by atoms with E-state index in [1.54, 1.807) is 0 Å². The molecule has 3 N–H and O–H groups in total. The molecule has 0 spiro atoms. The Balaban J connectivity index is 0.00000126. The number of fused-ring (bicyclic) bond motifs is 1. The van der Waals surface area contributed by atoms with Crippen LogP contribution in [0, 0.1) is 23.7 Å². The molecule has 6 heteroatoms. The zero-order chi connectivity index (χ0) is 20.0. The van der Waals surface area contributed by atoms with Crippen LogP contribution < -0.4 is 5.32 Å². The van der Waals surface area contributed by atoms with Crippen LogP contribution in [0.3, 0.4) is 0 Å². The second kappa shape index (κ2) is 10.4. The van der Waals surface area contributed by atoms with Crippen molar-refractivity contribution in [3.8, 4) is 0 Å². The van der Waals surface area contributed by atoms with Crippen LogP contribution >= 0.6 is 0 Å². The molecule has 2 saturated heterocycles. The number of hydrogen-bond acceptors (Lipinski definition) is 4. The Bertz CT molecular complexity index is 499. The van der Waals surface area contributed by atoms with Gasteiger partial charge >= 0.3 is 11.9 Å². The zero-order valence-corrected chi connectivity index (χ0v) is 17.2. The molecule has 3 fully saturated rings. The topological polar surface area (TPSA) is 89.9 Å². The summed E-state index contributed by atoms with van der Waals surface area (Å²) in [6.45, 7) is 8.77. The number of carboxylic acids is 2. The van der Waals surface area contributed by atoms with Crippen LogP contribution in [0.4, 0.5) is 0 Å². The molecule has 0 bridgehead atoms. The van der Waals surface area contributed by atoms with Crippen LogP contribution in [0.5, 0.6) is 0 Å². The van der Waals surface area contributed by atoms with E-state index in [9.17, 15) is 19.8 Å². The number of aliphatic carboxylic acids is 2. The summed E-state index contributed by atoms with van der Waals surface area (Å²) in [7, 11) is 0. The van der Waals surface area contributed by atoms with Crippen molar-refractivity contribution in [3.05, 3.63) is 0 Å². The number of likely N-dealkylation sites (tertiary alicyclic amines) is 1. The molecule has 3 aliphatic rings. The van der Waals surface area contributed by atoms with Gasteiger partial charge in [-0.15, -0.1) is 0 Å². The molecular weight excluding hydrogens is 344 g/mol. The summed E-state index contributed by atoms with van der Waals surface area (Å²) >= 11 is 0. The van der Waals surface area contributed by atoms with Gasteiger partial charge < -0.3 is 15.5 Å². The maximum Gasteiger partial charge on any atom is 0.320 e. The van der Waals surface area contributed by atoms with Crippen LogP contribution in [0.1, 0.15) is 65.7 Å². The lowest BCUT2D eigenvalue weighted by atomic mass is 9.69. The van der Waals surface area contributed by atoms with E-state index in [0.717, 1.165) is 64.6 Å². The maximum atomic E-state index is 11.7. The predicted octanol–water partition coefficient (Wildman–Crippen LogP) is 3.07. The number of carboxylic acid groups (broad SMARTS) is 2. The highest BCUT2D eigenvalue weighted by Gasteiger charge is 2.39. The lowest BCUT2D eigenvalue weighted by Gasteiger charge is -2.43. The van der Waals surface area contributed by atoms with Gasteiger partial charge in [-0.05, 0) is 68.7 Å². The molecule has 0 radical (unpaired) electrons. The minimum absolute atomic E-state index is 0.345. The standard InChI is InChI=1S/C19H32N2O4.C2H6/c1-12-3-2-4-17(19(24)25)21(10-12)11-13-5-6-14-9-20-16(18(22)23)8-15(14)7-13;1-2/h12-17,20H,2-11H2,1H3,(H,22,23)(H,24,25);1-2H3. The fraction of sp³-hybridized carbons (Fsp3) is 0.905. The minimum atomic E-state index is -0.743. The van der Waals surface area contributed by atoms with Gasteiger partial charge in [0.05, 0.1) is 0 Å². The molecule has 3 rings (SSSR count). The van der Waals surface area contributed by atoms with E-state index < -0.39 is 18.0 Å². The molecular formula is C21H38N2O4. The smallest absolute Gasteiger partial charge is 0.320 e. The first kappa shape index (κ1) is 22.2. The first-order chi connectivity index (χ1) is 12.9. The summed E-state index contributed by atoms with van der Waals surface area (Å²) in [6, 6.07) is -0.757. The summed E-state index contributed by atoms with van der Waals surface area (Å²) in [5.41, 5.74) is 0. The summed E-state index contributed by atoms with van der Waals surface area (Å²) in [5, 5.41) is 22.1. The Morgan fingerprint density at radius 2 is 1.74 bits per heavy atom. The van der Waals surface area contributed by atoms with Gasteiger partial charge in [0.25, 0.3) is 0 Å². The molecule has 6 nitrogen and oxygen atoms in total. The van der Waals surface area contributed by atoms with Crippen LogP contribution in [-0.4, -0.2) is 58.8 Å². The largest absolute Gasteiger partial charge is 0.480 e. The molecule has 0 aromatic heterocycles. The van der Waals surface area contributed by atoms with E-state index in [0.29, 0.717) is 23.7 Å². The summed E-state index contributed by atoms with van der Waals surface area (Å²) in [5.74, 6) is 0.680. The molecule has 0 aromatic rings. The summed E-state index contributed by atoms with van der Waals surface area (Å²) in [4.78, 5) is 25.2. The summed E-state index contributed by atoms with van der Waals surface area (Å²) < 4.78 is 0. The van der Waals surface area contributed by atoms with Crippen LogP contribution in [-0.2, 0) is 9.59 Å². The molecule has 2 heterocycles. The predicted molar refractivity (Wildman–Crippen MR) is 106 cm³/mol. The highest BCUT2D eigenvalue weighted by Crippen LogP contribution is 2.39. The monoisotopic (exact) mass is 382 g/mol. The molecule has 1 saturated carbocycles. The van der Waals surface area contributed by atoms with E-state index in [2.05, 4.69) is 17.1 Å². The van der Waals surface area contributed by atoms with E-state index in [-0.39, 0.29) is 6.04 Å². The average Bonchev–Trinajstić information content (AvgIpc) is 2.83. The Hall–Kier alpha value is -1.14. The van der Waals surface area contributed by atoms with Gasteiger partial charge in [-0.3, -0.25) is 14.5 Å².